The standard InChI is InChI=1S/C23H24FN3O3/c24-19-9-4-5-11-22(19)29-14-12-17-15-20(26-25-17)21-10-6-13-27(21)23(28)16-30-18-7-2-1-3-8-18/h1-5,7-9,11,15,21H,6,10,12-14,16H2,(H,25,26)/t21-/m0/s1. The molecule has 0 radical (unpaired) electrons. The summed E-state index contributed by atoms with van der Waals surface area (Å²) in [6.45, 7) is 1.04. The Labute approximate surface area is 174 Å². The van der Waals surface area contributed by atoms with Crippen molar-refractivity contribution in [2.75, 3.05) is 19.8 Å². The molecule has 1 aromatic heterocycles. The monoisotopic (exact) mass is 409 g/mol. The molecule has 30 heavy (non-hydrogen) atoms. The van der Waals surface area contributed by atoms with Crippen molar-refractivity contribution in [1.29, 1.82) is 0 Å². The number of rotatable bonds is 8. The van der Waals surface area contributed by atoms with Gasteiger partial charge in [0.15, 0.2) is 18.2 Å². The molecule has 1 fully saturated rings. The highest BCUT2D eigenvalue weighted by Gasteiger charge is 2.31. The second-order valence-electron chi connectivity index (χ2n) is 7.19. The highest BCUT2D eigenvalue weighted by molar-refractivity contribution is 5.78. The number of ether oxygens (including phenoxy) is 2. The Morgan fingerprint density at radius 1 is 1.13 bits per heavy atom. The summed E-state index contributed by atoms with van der Waals surface area (Å²) in [5.74, 6) is 0.496. The molecular formula is C23H24FN3O3. The van der Waals surface area contributed by atoms with Gasteiger partial charge in [0.05, 0.1) is 18.3 Å². The number of hydrogen-bond donors (Lipinski definition) is 1. The van der Waals surface area contributed by atoms with Gasteiger partial charge in [-0.3, -0.25) is 9.89 Å². The number of benzene rings is 2. The van der Waals surface area contributed by atoms with Crippen molar-refractivity contribution in [3.8, 4) is 11.5 Å². The number of likely N-dealkylation sites (tertiary alicyclic amines) is 1. The van der Waals surface area contributed by atoms with Crippen LogP contribution >= 0.6 is 0 Å². The van der Waals surface area contributed by atoms with Crippen molar-refractivity contribution >= 4 is 5.91 Å². The third-order valence-electron chi connectivity index (χ3n) is 5.14. The van der Waals surface area contributed by atoms with Crippen LogP contribution < -0.4 is 9.47 Å². The molecule has 1 amide bonds. The second-order valence-corrected chi connectivity index (χ2v) is 7.19. The SMILES string of the molecule is O=C(COc1ccccc1)N1CCC[C@H]1c1cc(CCOc2ccccc2F)[nH]n1. The number of halogens is 1. The molecule has 0 bridgehead atoms. The first-order valence-corrected chi connectivity index (χ1v) is 10.1. The predicted octanol–water partition coefficient (Wildman–Crippen LogP) is 3.91. The highest BCUT2D eigenvalue weighted by atomic mass is 19.1. The van der Waals surface area contributed by atoms with Gasteiger partial charge in [-0.1, -0.05) is 30.3 Å². The minimum Gasteiger partial charge on any atom is -0.490 e. The molecule has 0 saturated carbocycles. The fraction of sp³-hybridized carbons (Fsp3) is 0.304. The molecule has 1 N–H and O–H groups in total. The maximum absolute atomic E-state index is 13.6. The lowest BCUT2D eigenvalue weighted by Gasteiger charge is -2.23. The lowest BCUT2D eigenvalue weighted by molar-refractivity contribution is -0.134. The van der Waals surface area contributed by atoms with Gasteiger partial charge in [0.2, 0.25) is 0 Å². The summed E-state index contributed by atoms with van der Waals surface area (Å²) in [5.41, 5.74) is 1.72. The van der Waals surface area contributed by atoms with Gasteiger partial charge in [-0.2, -0.15) is 5.10 Å². The van der Waals surface area contributed by atoms with Crippen molar-refractivity contribution in [2.24, 2.45) is 0 Å². The number of aromatic nitrogens is 2. The Kier molecular flexibility index (Phi) is 6.27. The van der Waals surface area contributed by atoms with Crippen LogP contribution in [0, 0.1) is 5.82 Å². The maximum atomic E-state index is 13.6. The topological polar surface area (TPSA) is 67.4 Å². The molecular weight excluding hydrogens is 385 g/mol. The molecule has 1 saturated heterocycles. The number of amides is 1. The number of H-pyrrole nitrogens is 1. The predicted molar refractivity (Wildman–Crippen MR) is 110 cm³/mol. The minimum absolute atomic E-state index is 0.00821. The Morgan fingerprint density at radius 3 is 2.77 bits per heavy atom. The van der Waals surface area contributed by atoms with Crippen LogP contribution in [0.3, 0.4) is 0 Å². The van der Waals surface area contributed by atoms with Crippen molar-refractivity contribution < 1.29 is 18.7 Å². The molecule has 1 aliphatic heterocycles. The van der Waals surface area contributed by atoms with Gasteiger partial charge < -0.3 is 14.4 Å². The Hall–Kier alpha value is -3.35. The number of para-hydroxylation sites is 2. The lowest BCUT2D eigenvalue weighted by Crippen LogP contribution is -2.34. The van der Waals surface area contributed by atoms with Crippen LogP contribution in [0.1, 0.15) is 30.3 Å². The Bertz CT molecular complexity index is 977. The van der Waals surface area contributed by atoms with E-state index in [1.54, 1.807) is 18.2 Å². The number of hydrogen-bond acceptors (Lipinski definition) is 4. The number of nitrogens with zero attached hydrogens (tertiary/aromatic N) is 2. The first-order chi connectivity index (χ1) is 14.7. The van der Waals surface area contributed by atoms with Gasteiger partial charge in [-0.25, -0.2) is 4.39 Å². The fourth-order valence-electron chi connectivity index (χ4n) is 3.63. The molecule has 1 aliphatic rings. The van der Waals surface area contributed by atoms with Gasteiger partial charge in [0.25, 0.3) is 5.91 Å². The van der Waals surface area contributed by atoms with Crippen LogP contribution in [-0.4, -0.2) is 40.8 Å². The summed E-state index contributed by atoms with van der Waals surface area (Å²) in [6, 6.07) is 17.6. The molecule has 4 rings (SSSR count). The average molecular weight is 409 g/mol. The molecule has 3 aromatic rings. The third-order valence-corrected chi connectivity index (χ3v) is 5.14. The van der Waals surface area contributed by atoms with Gasteiger partial charge in [-0.15, -0.1) is 0 Å². The summed E-state index contributed by atoms with van der Waals surface area (Å²) >= 11 is 0. The largest absolute Gasteiger partial charge is 0.490 e. The van der Waals surface area contributed by atoms with Crippen molar-refractivity contribution in [2.45, 2.75) is 25.3 Å². The van der Waals surface area contributed by atoms with Crippen LogP contribution in [0.5, 0.6) is 11.5 Å². The average Bonchev–Trinajstić information content (AvgIpc) is 3.43. The zero-order valence-corrected chi connectivity index (χ0v) is 16.6. The summed E-state index contributed by atoms with van der Waals surface area (Å²) in [4.78, 5) is 14.5. The second kappa shape index (κ2) is 9.43. The number of nitrogens with one attached hydrogen (secondary N) is 1. The van der Waals surface area contributed by atoms with E-state index in [0.717, 1.165) is 24.2 Å². The van der Waals surface area contributed by atoms with Gasteiger partial charge in [0, 0.05) is 18.7 Å². The summed E-state index contributed by atoms with van der Waals surface area (Å²) in [5, 5.41) is 7.41. The smallest absolute Gasteiger partial charge is 0.261 e. The zero-order valence-electron chi connectivity index (χ0n) is 16.6. The zero-order chi connectivity index (χ0) is 20.8. The number of carbonyl (C=O) groups excluding carboxylic acids is 1. The molecule has 6 nitrogen and oxygen atoms in total. The molecule has 156 valence electrons. The molecule has 0 unspecified atom stereocenters. The van der Waals surface area contributed by atoms with Crippen molar-refractivity contribution in [3.05, 3.63) is 77.9 Å². The van der Waals surface area contributed by atoms with E-state index in [4.69, 9.17) is 9.47 Å². The molecule has 7 heteroatoms. The third kappa shape index (κ3) is 4.79. The minimum atomic E-state index is -0.374. The van der Waals surface area contributed by atoms with Crippen LogP contribution in [-0.2, 0) is 11.2 Å². The summed E-state index contributed by atoms with van der Waals surface area (Å²) < 4.78 is 24.7. The fourth-order valence-corrected chi connectivity index (χ4v) is 3.63. The van der Waals surface area contributed by atoms with E-state index in [1.165, 1.54) is 6.07 Å². The van der Waals surface area contributed by atoms with Crippen LogP contribution in [0.15, 0.2) is 60.7 Å². The van der Waals surface area contributed by atoms with Gasteiger partial charge in [-0.05, 0) is 43.2 Å². The van der Waals surface area contributed by atoms with E-state index in [-0.39, 0.29) is 30.1 Å². The van der Waals surface area contributed by atoms with Gasteiger partial charge >= 0.3 is 0 Å². The first kappa shape index (κ1) is 19.9. The lowest BCUT2D eigenvalue weighted by atomic mass is 10.1. The first-order valence-electron chi connectivity index (χ1n) is 10.1. The van der Waals surface area contributed by atoms with Crippen molar-refractivity contribution in [3.63, 3.8) is 0 Å². The van der Waals surface area contributed by atoms with Crippen LogP contribution in [0.4, 0.5) is 4.39 Å². The van der Waals surface area contributed by atoms with E-state index in [1.807, 2.05) is 41.3 Å². The quantitative estimate of drug-likeness (QED) is 0.613. The van der Waals surface area contributed by atoms with Crippen LogP contribution in [0.25, 0.3) is 0 Å². The van der Waals surface area contributed by atoms with E-state index in [2.05, 4.69) is 10.2 Å². The molecule has 0 spiro atoms. The molecule has 2 aromatic carbocycles. The number of aromatic amines is 1. The Morgan fingerprint density at radius 2 is 1.93 bits per heavy atom. The van der Waals surface area contributed by atoms with E-state index < -0.39 is 0 Å². The number of carbonyl (C=O) groups is 1. The molecule has 0 aliphatic carbocycles. The van der Waals surface area contributed by atoms with Crippen LogP contribution in [0.2, 0.25) is 0 Å². The molecule has 1 atom stereocenters. The van der Waals surface area contributed by atoms with E-state index in [0.29, 0.717) is 25.3 Å². The van der Waals surface area contributed by atoms with Crippen molar-refractivity contribution in [1.82, 2.24) is 15.1 Å². The normalized spacial score (nSPS) is 15.9. The van der Waals surface area contributed by atoms with Gasteiger partial charge in [0.1, 0.15) is 5.75 Å². The summed E-state index contributed by atoms with van der Waals surface area (Å²) in [7, 11) is 0. The highest BCUT2D eigenvalue weighted by Crippen LogP contribution is 2.31. The van der Waals surface area contributed by atoms with E-state index in [9.17, 15) is 9.18 Å². The Balaban J connectivity index is 1.31. The summed E-state index contributed by atoms with van der Waals surface area (Å²) in [6.07, 6.45) is 2.37. The van der Waals surface area contributed by atoms with E-state index >= 15 is 0 Å². The maximum Gasteiger partial charge on any atom is 0.261 e. The molecule has 2 heterocycles.